The first-order valence-corrected chi connectivity index (χ1v) is 8.20. The summed E-state index contributed by atoms with van der Waals surface area (Å²) in [6, 6.07) is 3.32. The monoisotopic (exact) mass is 381 g/mol. The van der Waals surface area contributed by atoms with E-state index in [1.165, 1.54) is 0 Å². The highest BCUT2D eigenvalue weighted by atomic mass is 79.9. The average molecular weight is 382 g/mol. The molecule has 1 saturated carbocycles. The smallest absolute Gasteiger partial charge is 0.323 e. The summed E-state index contributed by atoms with van der Waals surface area (Å²) < 4.78 is 5.68. The van der Waals surface area contributed by atoms with Crippen LogP contribution < -0.4 is 11.0 Å². The maximum Gasteiger partial charge on any atom is 0.323 e. The molecule has 0 unspecified atom stereocenters. The van der Waals surface area contributed by atoms with Gasteiger partial charge in [0.05, 0.1) is 22.6 Å². The quantitative estimate of drug-likeness (QED) is 0.706. The Balaban J connectivity index is 1.62. The van der Waals surface area contributed by atoms with E-state index in [9.17, 15) is 14.4 Å². The van der Waals surface area contributed by atoms with E-state index >= 15 is 0 Å². The van der Waals surface area contributed by atoms with E-state index in [0.717, 1.165) is 25.7 Å². The number of hydrogen-bond donors (Lipinski definition) is 3. The molecule has 0 aliphatic heterocycles. The van der Waals surface area contributed by atoms with Gasteiger partial charge in [0.2, 0.25) is 0 Å². The van der Waals surface area contributed by atoms with Crippen molar-refractivity contribution in [2.24, 2.45) is 5.92 Å². The molecule has 1 aromatic carbocycles. The molecule has 3 N–H and O–H groups in total. The summed E-state index contributed by atoms with van der Waals surface area (Å²) in [5.41, 5.74) is 1.39. The summed E-state index contributed by atoms with van der Waals surface area (Å²) in [5, 5.41) is 2.66. The van der Waals surface area contributed by atoms with Crippen molar-refractivity contribution >= 4 is 44.5 Å². The van der Waals surface area contributed by atoms with E-state index in [1.54, 1.807) is 12.1 Å². The molecule has 0 radical (unpaired) electrons. The van der Waals surface area contributed by atoms with Crippen LogP contribution in [0, 0.1) is 5.92 Å². The Bertz CT molecular complexity index is 805. The Morgan fingerprint density at radius 2 is 1.87 bits per heavy atom. The molecule has 0 bridgehead atoms. The van der Waals surface area contributed by atoms with Gasteiger partial charge in [-0.2, -0.15) is 0 Å². The molecule has 8 heteroatoms. The second-order valence-corrected chi connectivity index (χ2v) is 6.45. The molecule has 0 saturated heterocycles. The number of hydrogen-bond acceptors (Lipinski definition) is 4. The molecule has 3 rings (SSSR count). The molecular weight excluding hydrogens is 366 g/mol. The van der Waals surface area contributed by atoms with Crippen molar-refractivity contribution < 1.29 is 14.3 Å². The van der Waals surface area contributed by atoms with Crippen LogP contribution in [0.1, 0.15) is 25.7 Å². The topological polar surface area (TPSA) is 104 Å². The summed E-state index contributed by atoms with van der Waals surface area (Å²) >= 11 is 3.33. The van der Waals surface area contributed by atoms with Crippen LogP contribution in [0.25, 0.3) is 11.0 Å². The van der Waals surface area contributed by atoms with Gasteiger partial charge in [0.15, 0.2) is 6.61 Å². The second kappa shape index (κ2) is 6.57. The average Bonchev–Trinajstić information content (AvgIpc) is 3.14. The van der Waals surface area contributed by atoms with Gasteiger partial charge in [0, 0.05) is 4.47 Å². The highest BCUT2D eigenvalue weighted by Crippen LogP contribution is 2.27. The van der Waals surface area contributed by atoms with Gasteiger partial charge in [-0.15, -0.1) is 0 Å². The van der Waals surface area contributed by atoms with Crippen LogP contribution in [0.5, 0.6) is 0 Å². The van der Waals surface area contributed by atoms with Crippen molar-refractivity contribution in [1.29, 1.82) is 0 Å². The van der Waals surface area contributed by atoms with Gasteiger partial charge >= 0.3 is 11.7 Å². The van der Waals surface area contributed by atoms with Crippen LogP contribution in [-0.4, -0.2) is 28.5 Å². The van der Waals surface area contributed by atoms with E-state index in [1.807, 2.05) is 0 Å². The van der Waals surface area contributed by atoms with Crippen LogP contribution in [0.2, 0.25) is 0 Å². The number of aromatic amines is 2. The standard InChI is InChI=1S/C15H16BrN3O4/c16-9-5-11-12(19-15(22)18-11)6-10(9)17-13(20)7-23-14(21)8-3-1-2-4-8/h5-6,8H,1-4,7H2,(H,17,20)(H2,18,19,22). The first-order valence-electron chi connectivity index (χ1n) is 7.41. The summed E-state index contributed by atoms with van der Waals surface area (Å²) in [6.45, 7) is -0.316. The molecule has 1 heterocycles. The van der Waals surface area contributed by atoms with Crippen molar-refractivity contribution in [3.8, 4) is 0 Å². The lowest BCUT2D eigenvalue weighted by atomic mass is 10.1. The predicted molar refractivity (Wildman–Crippen MR) is 88.2 cm³/mol. The Kier molecular flexibility index (Phi) is 4.51. The fourth-order valence-corrected chi connectivity index (χ4v) is 3.20. The lowest BCUT2D eigenvalue weighted by Gasteiger charge is -2.11. The molecule has 23 heavy (non-hydrogen) atoms. The zero-order valence-electron chi connectivity index (χ0n) is 12.3. The van der Waals surface area contributed by atoms with Crippen LogP contribution in [0.3, 0.4) is 0 Å². The minimum absolute atomic E-state index is 0.0733. The number of rotatable bonds is 4. The highest BCUT2D eigenvalue weighted by molar-refractivity contribution is 9.10. The van der Waals surface area contributed by atoms with Crippen LogP contribution in [0.15, 0.2) is 21.4 Å². The molecule has 1 fully saturated rings. The number of imidazole rings is 1. The van der Waals surface area contributed by atoms with Crippen molar-refractivity contribution in [2.45, 2.75) is 25.7 Å². The summed E-state index contributed by atoms with van der Waals surface area (Å²) in [4.78, 5) is 40.2. The van der Waals surface area contributed by atoms with Crippen molar-refractivity contribution in [2.75, 3.05) is 11.9 Å². The Morgan fingerprint density at radius 1 is 1.22 bits per heavy atom. The normalized spacial score (nSPS) is 15.0. The third kappa shape index (κ3) is 3.64. The van der Waals surface area contributed by atoms with Crippen molar-refractivity contribution in [1.82, 2.24) is 9.97 Å². The summed E-state index contributed by atoms with van der Waals surface area (Å²) in [6.07, 6.45) is 3.74. The number of nitrogens with one attached hydrogen (secondary N) is 3. The largest absolute Gasteiger partial charge is 0.455 e. The second-order valence-electron chi connectivity index (χ2n) is 5.59. The Morgan fingerprint density at radius 3 is 2.57 bits per heavy atom. The first-order chi connectivity index (χ1) is 11.0. The molecule has 1 aliphatic carbocycles. The number of carbonyl (C=O) groups is 2. The molecule has 1 amide bonds. The number of anilines is 1. The lowest BCUT2D eigenvalue weighted by Crippen LogP contribution is -2.23. The number of aromatic nitrogens is 2. The summed E-state index contributed by atoms with van der Waals surface area (Å²) in [7, 11) is 0. The lowest BCUT2D eigenvalue weighted by molar-refractivity contribution is -0.151. The van der Waals surface area contributed by atoms with E-state index in [-0.39, 0.29) is 24.2 Å². The van der Waals surface area contributed by atoms with E-state index in [0.29, 0.717) is 21.2 Å². The van der Waals surface area contributed by atoms with Gasteiger partial charge in [0.25, 0.3) is 5.91 Å². The van der Waals surface area contributed by atoms with E-state index in [4.69, 9.17) is 4.74 Å². The van der Waals surface area contributed by atoms with E-state index in [2.05, 4.69) is 31.2 Å². The van der Waals surface area contributed by atoms with E-state index < -0.39 is 5.91 Å². The van der Waals surface area contributed by atoms with Crippen molar-refractivity contribution in [3.05, 3.63) is 27.1 Å². The molecular formula is C15H16BrN3O4. The van der Waals surface area contributed by atoms with Crippen LogP contribution >= 0.6 is 15.9 Å². The number of amides is 1. The highest BCUT2D eigenvalue weighted by Gasteiger charge is 2.24. The fourth-order valence-electron chi connectivity index (χ4n) is 2.75. The number of carbonyl (C=O) groups excluding carboxylic acids is 2. The van der Waals surface area contributed by atoms with Crippen molar-refractivity contribution in [3.63, 3.8) is 0 Å². The zero-order valence-corrected chi connectivity index (χ0v) is 13.9. The Hall–Kier alpha value is -2.09. The number of esters is 1. The van der Waals surface area contributed by atoms with Gasteiger partial charge in [-0.25, -0.2) is 4.79 Å². The summed E-state index contributed by atoms with van der Waals surface area (Å²) in [5.74, 6) is -0.799. The maximum absolute atomic E-state index is 11.9. The van der Waals surface area contributed by atoms with Crippen LogP contribution in [-0.2, 0) is 14.3 Å². The number of benzene rings is 1. The zero-order chi connectivity index (χ0) is 16.4. The van der Waals surface area contributed by atoms with Gasteiger partial charge in [-0.3, -0.25) is 9.59 Å². The van der Waals surface area contributed by atoms with Gasteiger partial charge < -0.3 is 20.0 Å². The molecule has 0 atom stereocenters. The molecule has 1 aliphatic rings. The fraction of sp³-hybridized carbons (Fsp3) is 0.400. The molecule has 2 aromatic rings. The van der Waals surface area contributed by atoms with Gasteiger partial charge in [-0.1, -0.05) is 12.8 Å². The number of fused-ring (bicyclic) bond motifs is 1. The third-order valence-electron chi connectivity index (χ3n) is 3.91. The molecule has 7 nitrogen and oxygen atoms in total. The first kappa shape index (κ1) is 15.8. The minimum Gasteiger partial charge on any atom is -0.455 e. The predicted octanol–water partition coefficient (Wildman–Crippen LogP) is 2.29. The SMILES string of the molecule is O=C(COC(=O)C1CCCC1)Nc1cc2[nH]c(=O)[nH]c2cc1Br. The van der Waals surface area contributed by atoms with Gasteiger partial charge in [-0.05, 0) is 40.9 Å². The number of ether oxygens (including phenoxy) is 1. The Labute approximate surface area is 139 Å². The molecule has 122 valence electrons. The number of halogens is 1. The number of H-pyrrole nitrogens is 2. The van der Waals surface area contributed by atoms with Gasteiger partial charge in [0.1, 0.15) is 0 Å². The maximum atomic E-state index is 11.9. The minimum atomic E-state index is -0.422. The molecule has 1 aromatic heterocycles. The third-order valence-corrected chi connectivity index (χ3v) is 4.57. The van der Waals surface area contributed by atoms with Crippen LogP contribution in [0.4, 0.5) is 5.69 Å². The molecule has 0 spiro atoms.